The van der Waals surface area contributed by atoms with E-state index in [9.17, 15) is 8.78 Å². The quantitative estimate of drug-likeness (QED) is 0.216. The molecule has 2 heterocycles. The number of rotatable bonds is 5. The van der Waals surface area contributed by atoms with Gasteiger partial charge in [-0.1, -0.05) is 95.1 Å². The number of hydrogen-bond acceptors (Lipinski definition) is 2. The van der Waals surface area contributed by atoms with Crippen LogP contribution in [0.4, 0.5) is 8.78 Å². The van der Waals surface area contributed by atoms with Crippen molar-refractivity contribution in [1.29, 1.82) is 0 Å². The molecule has 0 fully saturated rings. The average molecular weight is 588 g/mol. The molecule has 0 amide bonds. The molecule has 0 saturated carbocycles. The van der Waals surface area contributed by atoms with E-state index in [4.69, 9.17) is 39.8 Å². The van der Waals surface area contributed by atoms with Gasteiger partial charge in [0.1, 0.15) is 11.6 Å². The molecular weight excluding hydrogens is 565 g/mol. The highest BCUT2D eigenvalue weighted by Crippen LogP contribution is 2.45. The molecule has 1 aliphatic heterocycles. The first-order valence-electron chi connectivity index (χ1n) is 12.0. The predicted octanol–water partition coefficient (Wildman–Crippen LogP) is 10.1. The van der Waals surface area contributed by atoms with Crippen LogP contribution >= 0.6 is 46.6 Å². The van der Waals surface area contributed by atoms with Crippen molar-refractivity contribution >= 4 is 46.6 Å². The number of fused-ring (bicyclic) bond motifs is 1. The first kappa shape index (κ1) is 27.0. The van der Waals surface area contributed by atoms with Crippen molar-refractivity contribution in [2.45, 2.75) is 36.2 Å². The van der Waals surface area contributed by atoms with E-state index < -0.39 is 5.41 Å². The number of hydrogen-bond donors (Lipinski definition) is 0. The SMILES string of the molecule is CC1(c2ccc(Cl)c(Cl)c2)CC=C(F)C=CCn2c(SCc3c(F)cccc3Cl)nc(-c3ccccc3)c21. The lowest BCUT2D eigenvalue weighted by Crippen LogP contribution is -2.27. The van der Waals surface area contributed by atoms with Crippen molar-refractivity contribution in [3.05, 3.63) is 128 Å². The Morgan fingerprint density at radius 1 is 0.947 bits per heavy atom. The number of halogens is 5. The van der Waals surface area contributed by atoms with Crippen LogP contribution in [0.15, 0.2) is 95.9 Å². The molecule has 0 spiro atoms. The van der Waals surface area contributed by atoms with Crippen LogP contribution in [-0.4, -0.2) is 9.55 Å². The highest BCUT2D eigenvalue weighted by Gasteiger charge is 2.37. The topological polar surface area (TPSA) is 17.8 Å². The lowest BCUT2D eigenvalue weighted by Gasteiger charge is -2.32. The highest BCUT2D eigenvalue weighted by molar-refractivity contribution is 7.98. The second-order valence-corrected chi connectivity index (χ2v) is 11.4. The monoisotopic (exact) mass is 586 g/mol. The molecule has 0 aliphatic carbocycles. The Morgan fingerprint density at radius 2 is 1.74 bits per heavy atom. The van der Waals surface area contributed by atoms with E-state index in [1.54, 1.807) is 30.4 Å². The molecule has 0 radical (unpaired) electrons. The Labute approximate surface area is 240 Å². The fraction of sp³-hybridized carbons (Fsp3) is 0.167. The summed E-state index contributed by atoms with van der Waals surface area (Å²) in [7, 11) is 0. The maximum absolute atomic E-state index is 14.8. The maximum Gasteiger partial charge on any atom is 0.169 e. The highest BCUT2D eigenvalue weighted by atomic mass is 35.5. The van der Waals surface area contributed by atoms with Gasteiger partial charge < -0.3 is 4.57 Å². The zero-order valence-electron chi connectivity index (χ0n) is 20.4. The minimum atomic E-state index is -0.718. The van der Waals surface area contributed by atoms with E-state index in [1.165, 1.54) is 23.9 Å². The van der Waals surface area contributed by atoms with Crippen LogP contribution in [0.1, 0.15) is 30.2 Å². The summed E-state index contributed by atoms with van der Waals surface area (Å²) in [6, 6.07) is 20.0. The van der Waals surface area contributed by atoms with Gasteiger partial charge in [0.05, 0.1) is 21.4 Å². The normalized spacial score (nSPS) is 17.4. The summed E-state index contributed by atoms with van der Waals surface area (Å²) in [4.78, 5) is 5.08. The van der Waals surface area contributed by atoms with E-state index in [2.05, 4.69) is 11.5 Å². The number of imidazole rings is 1. The molecule has 1 aromatic heterocycles. The Morgan fingerprint density at radius 3 is 2.47 bits per heavy atom. The van der Waals surface area contributed by atoms with Crippen molar-refractivity contribution < 1.29 is 8.78 Å². The summed E-state index contributed by atoms with van der Waals surface area (Å²) >= 11 is 20.4. The van der Waals surface area contributed by atoms with Gasteiger partial charge in [0.15, 0.2) is 5.16 Å². The molecule has 4 aromatic rings. The van der Waals surface area contributed by atoms with Crippen molar-refractivity contribution in [3.8, 4) is 11.3 Å². The minimum Gasteiger partial charge on any atom is -0.318 e. The standard InChI is InChI=1S/C30H23Cl3F2N2S/c1-30(20-12-13-24(32)25(33)17-20)15-14-21(34)9-6-16-37-28(30)27(19-7-3-2-4-8-19)36-29(37)38-18-22-23(31)10-5-11-26(22)35/h2-14,17H,15-16,18H2,1H3. The summed E-state index contributed by atoms with van der Waals surface area (Å²) in [6.07, 6.45) is 5.18. The molecule has 194 valence electrons. The van der Waals surface area contributed by atoms with Gasteiger partial charge >= 0.3 is 0 Å². The fourth-order valence-corrected chi connectivity index (χ4v) is 6.36. The third kappa shape index (κ3) is 5.30. The molecule has 0 saturated heterocycles. The van der Waals surface area contributed by atoms with Crippen LogP contribution < -0.4 is 0 Å². The second kappa shape index (κ2) is 11.3. The van der Waals surface area contributed by atoms with Crippen LogP contribution in [-0.2, 0) is 17.7 Å². The molecular formula is C30H23Cl3F2N2S. The number of aromatic nitrogens is 2. The minimum absolute atomic E-state index is 0.288. The van der Waals surface area contributed by atoms with Gasteiger partial charge in [-0.15, -0.1) is 0 Å². The number of allylic oxidation sites excluding steroid dienone is 4. The van der Waals surface area contributed by atoms with Gasteiger partial charge in [0.25, 0.3) is 0 Å². The van der Waals surface area contributed by atoms with Crippen molar-refractivity contribution in [1.82, 2.24) is 9.55 Å². The molecule has 1 unspecified atom stereocenters. The van der Waals surface area contributed by atoms with Crippen molar-refractivity contribution in [3.63, 3.8) is 0 Å². The van der Waals surface area contributed by atoms with E-state index >= 15 is 0 Å². The molecule has 38 heavy (non-hydrogen) atoms. The van der Waals surface area contributed by atoms with Gasteiger partial charge in [-0.25, -0.2) is 13.8 Å². The molecule has 3 aromatic carbocycles. The Bertz CT molecular complexity index is 1530. The smallest absolute Gasteiger partial charge is 0.169 e. The maximum atomic E-state index is 14.8. The summed E-state index contributed by atoms with van der Waals surface area (Å²) in [5.41, 5.74) is 3.17. The van der Waals surface area contributed by atoms with Crippen LogP contribution in [0.2, 0.25) is 15.1 Å². The van der Waals surface area contributed by atoms with Gasteiger partial charge in [0.2, 0.25) is 0 Å². The molecule has 0 bridgehead atoms. The van der Waals surface area contributed by atoms with Gasteiger partial charge in [-0.2, -0.15) is 0 Å². The van der Waals surface area contributed by atoms with Gasteiger partial charge in [-0.05, 0) is 55.3 Å². The number of thioether (sulfide) groups is 1. The fourth-order valence-electron chi connectivity index (χ4n) is 4.71. The first-order valence-corrected chi connectivity index (χ1v) is 14.1. The van der Waals surface area contributed by atoms with Crippen LogP contribution in [0.5, 0.6) is 0 Å². The van der Waals surface area contributed by atoms with E-state index in [-0.39, 0.29) is 17.4 Å². The summed E-state index contributed by atoms with van der Waals surface area (Å²) in [6.45, 7) is 2.43. The molecule has 0 N–H and O–H groups in total. The Kier molecular flexibility index (Phi) is 8.01. The zero-order chi connectivity index (χ0) is 26.9. The Balaban J connectivity index is 1.73. The predicted molar refractivity (Wildman–Crippen MR) is 154 cm³/mol. The summed E-state index contributed by atoms with van der Waals surface area (Å²) in [5.74, 6) is -0.393. The molecule has 5 rings (SSSR count). The lowest BCUT2D eigenvalue weighted by molar-refractivity contribution is 0.513. The lowest BCUT2D eigenvalue weighted by atomic mass is 9.75. The zero-order valence-corrected chi connectivity index (χ0v) is 23.5. The average Bonchev–Trinajstić information content (AvgIpc) is 3.29. The van der Waals surface area contributed by atoms with Crippen molar-refractivity contribution in [2.24, 2.45) is 0 Å². The van der Waals surface area contributed by atoms with Gasteiger partial charge in [-0.3, -0.25) is 0 Å². The molecule has 1 aliphatic rings. The van der Waals surface area contributed by atoms with E-state index in [1.807, 2.05) is 42.5 Å². The first-order chi connectivity index (χ1) is 18.3. The molecule has 2 nitrogen and oxygen atoms in total. The molecule has 1 atom stereocenters. The largest absolute Gasteiger partial charge is 0.318 e. The van der Waals surface area contributed by atoms with Crippen LogP contribution in [0, 0.1) is 5.82 Å². The van der Waals surface area contributed by atoms with E-state index in [0.29, 0.717) is 38.8 Å². The summed E-state index contributed by atoms with van der Waals surface area (Å²) in [5, 5.41) is 1.91. The van der Waals surface area contributed by atoms with Crippen LogP contribution in [0.25, 0.3) is 11.3 Å². The van der Waals surface area contributed by atoms with Gasteiger partial charge in [0, 0.05) is 33.9 Å². The van der Waals surface area contributed by atoms with E-state index in [0.717, 1.165) is 22.5 Å². The Hall–Kier alpha value is -2.57. The van der Waals surface area contributed by atoms with Crippen molar-refractivity contribution in [2.75, 3.05) is 0 Å². The molecule has 8 heteroatoms. The second-order valence-electron chi connectivity index (χ2n) is 9.21. The number of nitrogens with zero attached hydrogens (tertiary/aromatic N) is 2. The number of benzene rings is 3. The third-order valence-electron chi connectivity index (χ3n) is 6.74. The third-order valence-corrected chi connectivity index (χ3v) is 8.83. The van der Waals surface area contributed by atoms with Crippen LogP contribution in [0.3, 0.4) is 0 Å². The summed E-state index contributed by atoms with van der Waals surface area (Å²) < 4.78 is 31.4.